The molecular weight excluding hydrogens is 212 g/mol. The van der Waals surface area contributed by atoms with Gasteiger partial charge in [0.05, 0.1) is 0 Å². The highest BCUT2D eigenvalue weighted by Gasteiger charge is 2.21. The molecule has 0 aliphatic heterocycles. The molecule has 0 heterocycles. The Morgan fingerprint density at radius 1 is 1.41 bits per heavy atom. The zero-order valence-electron chi connectivity index (χ0n) is 10.3. The Balaban J connectivity index is 1.82. The highest BCUT2D eigenvalue weighted by atomic mass is 16.2. The van der Waals surface area contributed by atoms with Gasteiger partial charge in [0.15, 0.2) is 0 Å². The van der Waals surface area contributed by atoms with Gasteiger partial charge >= 0.3 is 0 Å². The molecule has 0 bridgehead atoms. The molecule has 92 valence electrons. The quantitative estimate of drug-likeness (QED) is 0.814. The number of amides is 1. The van der Waals surface area contributed by atoms with E-state index >= 15 is 0 Å². The summed E-state index contributed by atoms with van der Waals surface area (Å²) in [5.41, 5.74) is 7.96. The van der Waals surface area contributed by atoms with Crippen LogP contribution < -0.4 is 11.1 Å². The van der Waals surface area contributed by atoms with Gasteiger partial charge in [0.25, 0.3) is 0 Å². The van der Waals surface area contributed by atoms with Crippen LogP contribution in [0.3, 0.4) is 0 Å². The number of nitrogens with one attached hydrogen (secondary N) is 1. The molecule has 1 aromatic rings. The molecule has 1 aliphatic carbocycles. The summed E-state index contributed by atoms with van der Waals surface area (Å²) in [5.74, 6) is 0.764. The largest absolute Gasteiger partial charge is 0.354 e. The average molecular weight is 232 g/mol. The number of benzene rings is 1. The van der Waals surface area contributed by atoms with Crippen LogP contribution in [0.1, 0.15) is 36.4 Å². The van der Waals surface area contributed by atoms with Gasteiger partial charge in [-0.3, -0.25) is 4.79 Å². The Labute approximate surface area is 102 Å². The van der Waals surface area contributed by atoms with E-state index in [0.29, 0.717) is 0 Å². The van der Waals surface area contributed by atoms with Crippen molar-refractivity contribution in [2.45, 2.75) is 32.2 Å². The van der Waals surface area contributed by atoms with E-state index in [4.69, 9.17) is 5.73 Å². The number of carbonyl (C=O) groups excluding carboxylic acids is 1. The Morgan fingerprint density at radius 2 is 2.06 bits per heavy atom. The third-order valence-electron chi connectivity index (χ3n) is 3.27. The van der Waals surface area contributed by atoms with Gasteiger partial charge in [-0.25, -0.2) is 0 Å². The zero-order chi connectivity index (χ0) is 12.3. The molecule has 1 atom stereocenters. The molecule has 0 saturated heterocycles. The monoisotopic (exact) mass is 232 g/mol. The SMILES string of the molecule is Cc1ccc(C(N)C(=O)NCCC2CC2)cc1. The van der Waals surface area contributed by atoms with Crippen molar-refractivity contribution in [3.8, 4) is 0 Å². The molecule has 3 N–H and O–H groups in total. The van der Waals surface area contributed by atoms with E-state index in [9.17, 15) is 4.79 Å². The second-order valence-corrected chi connectivity index (χ2v) is 4.91. The minimum atomic E-state index is -0.546. The standard InChI is InChI=1S/C14H20N2O/c1-10-2-6-12(7-3-10)13(15)14(17)16-9-8-11-4-5-11/h2-3,6-7,11,13H,4-5,8-9,15H2,1H3,(H,16,17). The minimum absolute atomic E-state index is 0.0745. The molecule has 0 radical (unpaired) electrons. The van der Waals surface area contributed by atoms with Gasteiger partial charge in [0.1, 0.15) is 6.04 Å². The van der Waals surface area contributed by atoms with Crippen LogP contribution in [0.25, 0.3) is 0 Å². The molecule has 1 saturated carbocycles. The van der Waals surface area contributed by atoms with Gasteiger partial charge in [0, 0.05) is 6.54 Å². The molecule has 1 amide bonds. The molecule has 1 fully saturated rings. The number of hydrogen-bond acceptors (Lipinski definition) is 2. The molecule has 3 nitrogen and oxygen atoms in total. The first kappa shape index (κ1) is 12.1. The summed E-state index contributed by atoms with van der Waals surface area (Å²) in [6, 6.07) is 7.25. The lowest BCUT2D eigenvalue weighted by Crippen LogP contribution is -2.34. The number of nitrogens with two attached hydrogens (primary N) is 1. The molecule has 2 rings (SSSR count). The zero-order valence-corrected chi connectivity index (χ0v) is 10.3. The molecule has 1 aliphatic rings. The lowest BCUT2D eigenvalue weighted by molar-refractivity contribution is -0.122. The highest BCUT2D eigenvalue weighted by molar-refractivity contribution is 5.82. The fourth-order valence-corrected chi connectivity index (χ4v) is 1.84. The van der Waals surface area contributed by atoms with Gasteiger partial charge in [-0.1, -0.05) is 42.7 Å². The molecule has 1 unspecified atom stereocenters. The van der Waals surface area contributed by atoms with Crippen LogP contribution in [0.2, 0.25) is 0 Å². The molecule has 0 aromatic heterocycles. The van der Waals surface area contributed by atoms with Crippen LogP contribution in [0, 0.1) is 12.8 Å². The average Bonchev–Trinajstić information content (AvgIpc) is 3.13. The molecule has 1 aromatic carbocycles. The lowest BCUT2D eigenvalue weighted by Gasteiger charge is -2.12. The summed E-state index contributed by atoms with van der Waals surface area (Å²) in [6.45, 7) is 2.77. The van der Waals surface area contributed by atoms with E-state index in [2.05, 4.69) is 5.32 Å². The molecular formula is C14H20N2O. The van der Waals surface area contributed by atoms with E-state index in [1.807, 2.05) is 31.2 Å². The maximum Gasteiger partial charge on any atom is 0.241 e. The number of rotatable bonds is 5. The van der Waals surface area contributed by atoms with Crippen molar-refractivity contribution in [1.82, 2.24) is 5.32 Å². The van der Waals surface area contributed by atoms with Gasteiger partial charge < -0.3 is 11.1 Å². The summed E-state index contributed by atoms with van der Waals surface area (Å²) < 4.78 is 0. The van der Waals surface area contributed by atoms with E-state index in [-0.39, 0.29) is 5.91 Å². The minimum Gasteiger partial charge on any atom is -0.354 e. The van der Waals surface area contributed by atoms with Crippen LogP contribution in [0.5, 0.6) is 0 Å². The number of aryl methyl sites for hydroxylation is 1. The first-order valence-electron chi connectivity index (χ1n) is 6.26. The van der Waals surface area contributed by atoms with E-state index in [0.717, 1.165) is 24.4 Å². The first-order chi connectivity index (χ1) is 8.16. The number of hydrogen-bond donors (Lipinski definition) is 2. The summed E-state index contributed by atoms with van der Waals surface area (Å²) in [6.07, 6.45) is 3.73. The van der Waals surface area contributed by atoms with Crippen LogP contribution in [-0.4, -0.2) is 12.5 Å². The molecule has 0 spiro atoms. The third kappa shape index (κ3) is 3.56. The Bertz CT molecular complexity index is 382. The van der Waals surface area contributed by atoms with Crippen molar-refractivity contribution in [3.05, 3.63) is 35.4 Å². The van der Waals surface area contributed by atoms with E-state index in [1.54, 1.807) is 0 Å². The third-order valence-corrected chi connectivity index (χ3v) is 3.27. The summed E-state index contributed by atoms with van der Waals surface area (Å²) in [7, 11) is 0. The second-order valence-electron chi connectivity index (χ2n) is 4.91. The number of carbonyl (C=O) groups is 1. The lowest BCUT2D eigenvalue weighted by atomic mass is 10.1. The van der Waals surface area contributed by atoms with Gasteiger partial charge in [-0.15, -0.1) is 0 Å². The van der Waals surface area contributed by atoms with Crippen molar-refractivity contribution < 1.29 is 4.79 Å². The second kappa shape index (κ2) is 5.32. The fourth-order valence-electron chi connectivity index (χ4n) is 1.84. The molecule has 3 heteroatoms. The van der Waals surface area contributed by atoms with Gasteiger partial charge in [0.2, 0.25) is 5.91 Å². The van der Waals surface area contributed by atoms with Crippen molar-refractivity contribution in [3.63, 3.8) is 0 Å². The topological polar surface area (TPSA) is 55.1 Å². The Hall–Kier alpha value is -1.35. The Kier molecular flexibility index (Phi) is 3.79. The van der Waals surface area contributed by atoms with Crippen LogP contribution in [0.4, 0.5) is 0 Å². The molecule has 17 heavy (non-hydrogen) atoms. The van der Waals surface area contributed by atoms with Crippen LogP contribution in [-0.2, 0) is 4.79 Å². The summed E-state index contributed by atoms with van der Waals surface area (Å²) in [4.78, 5) is 11.8. The van der Waals surface area contributed by atoms with E-state index in [1.165, 1.54) is 18.4 Å². The normalized spacial score (nSPS) is 16.6. The maximum absolute atomic E-state index is 11.8. The van der Waals surface area contributed by atoms with Crippen LogP contribution in [0.15, 0.2) is 24.3 Å². The Morgan fingerprint density at radius 3 is 2.65 bits per heavy atom. The van der Waals surface area contributed by atoms with E-state index < -0.39 is 6.04 Å². The van der Waals surface area contributed by atoms with Gasteiger partial charge in [-0.05, 0) is 24.8 Å². The summed E-state index contributed by atoms with van der Waals surface area (Å²) >= 11 is 0. The predicted octanol–water partition coefficient (Wildman–Crippen LogP) is 1.91. The summed E-state index contributed by atoms with van der Waals surface area (Å²) in [5, 5.41) is 2.90. The van der Waals surface area contributed by atoms with Crippen molar-refractivity contribution >= 4 is 5.91 Å². The fraction of sp³-hybridized carbons (Fsp3) is 0.500. The van der Waals surface area contributed by atoms with Crippen LogP contribution >= 0.6 is 0 Å². The smallest absolute Gasteiger partial charge is 0.241 e. The first-order valence-corrected chi connectivity index (χ1v) is 6.26. The highest BCUT2D eigenvalue weighted by Crippen LogP contribution is 2.31. The maximum atomic E-state index is 11.8. The van der Waals surface area contributed by atoms with Crippen molar-refractivity contribution in [2.75, 3.05) is 6.54 Å². The predicted molar refractivity (Wildman–Crippen MR) is 68.5 cm³/mol. The van der Waals surface area contributed by atoms with Gasteiger partial charge in [-0.2, -0.15) is 0 Å². The van der Waals surface area contributed by atoms with Crippen molar-refractivity contribution in [2.24, 2.45) is 11.7 Å². The van der Waals surface area contributed by atoms with Crippen molar-refractivity contribution in [1.29, 1.82) is 0 Å².